The maximum atomic E-state index is 5.74. The first-order chi connectivity index (χ1) is 7.61. The molecule has 1 heterocycles. The van der Waals surface area contributed by atoms with Crippen molar-refractivity contribution in [2.45, 2.75) is 39.5 Å². The maximum absolute atomic E-state index is 5.74. The minimum Gasteiger partial charge on any atom is -0.439 e. The molecule has 0 fully saturated rings. The summed E-state index contributed by atoms with van der Waals surface area (Å²) in [6.07, 6.45) is 2.23. The normalized spacial score (nSPS) is 11.6. The Balaban J connectivity index is 2.54. The molecule has 1 aromatic heterocycles. The minimum atomic E-state index is 0.328. The molecule has 0 spiro atoms. The van der Waals surface area contributed by atoms with Gasteiger partial charge in [-0.25, -0.2) is 4.98 Å². The van der Waals surface area contributed by atoms with Gasteiger partial charge in [-0.15, -0.1) is 0 Å². The largest absolute Gasteiger partial charge is 0.439 e. The summed E-state index contributed by atoms with van der Waals surface area (Å²) in [4.78, 5) is 4.52. The summed E-state index contributed by atoms with van der Waals surface area (Å²) in [7, 11) is 0. The molecule has 0 saturated carbocycles. The summed E-state index contributed by atoms with van der Waals surface area (Å²) < 4.78 is 6.74. The van der Waals surface area contributed by atoms with Gasteiger partial charge in [-0.2, -0.15) is 0 Å². The maximum Gasteiger partial charge on any atom is 0.198 e. The highest BCUT2D eigenvalue weighted by atomic mass is 79.9. The van der Waals surface area contributed by atoms with Crippen LogP contribution in [0.4, 0.5) is 0 Å². The zero-order chi connectivity index (χ0) is 11.7. The van der Waals surface area contributed by atoms with Crippen LogP contribution in [0, 0.1) is 0 Å². The SMILES string of the molecule is CCCc1cc(Br)c2oc(C(C)C)nc2c1. The van der Waals surface area contributed by atoms with E-state index >= 15 is 0 Å². The van der Waals surface area contributed by atoms with E-state index in [1.165, 1.54) is 5.56 Å². The van der Waals surface area contributed by atoms with E-state index < -0.39 is 0 Å². The van der Waals surface area contributed by atoms with Gasteiger partial charge in [0.1, 0.15) is 5.52 Å². The molecular formula is C13H16BrNO. The summed E-state index contributed by atoms with van der Waals surface area (Å²) >= 11 is 3.55. The van der Waals surface area contributed by atoms with Crippen molar-refractivity contribution in [2.24, 2.45) is 0 Å². The van der Waals surface area contributed by atoms with Crippen molar-refractivity contribution in [1.82, 2.24) is 4.98 Å². The lowest BCUT2D eigenvalue weighted by Crippen LogP contribution is -1.85. The lowest BCUT2D eigenvalue weighted by molar-refractivity contribution is 0.500. The van der Waals surface area contributed by atoms with E-state index in [0.29, 0.717) is 5.92 Å². The van der Waals surface area contributed by atoms with Crippen molar-refractivity contribution < 1.29 is 4.42 Å². The molecule has 0 bridgehead atoms. The highest BCUT2D eigenvalue weighted by molar-refractivity contribution is 9.10. The first-order valence-corrected chi connectivity index (χ1v) is 6.50. The Bertz CT molecular complexity index is 502. The van der Waals surface area contributed by atoms with Gasteiger partial charge in [-0.1, -0.05) is 27.2 Å². The molecule has 0 aliphatic heterocycles. The first-order valence-electron chi connectivity index (χ1n) is 5.70. The Morgan fingerprint density at radius 2 is 2.12 bits per heavy atom. The second kappa shape index (κ2) is 4.58. The number of fused-ring (bicyclic) bond motifs is 1. The van der Waals surface area contributed by atoms with Crippen LogP contribution in [0.2, 0.25) is 0 Å². The molecule has 1 aromatic carbocycles. The smallest absolute Gasteiger partial charge is 0.198 e. The van der Waals surface area contributed by atoms with Gasteiger partial charge in [0.25, 0.3) is 0 Å². The zero-order valence-corrected chi connectivity index (χ0v) is 11.5. The highest BCUT2D eigenvalue weighted by Gasteiger charge is 2.12. The summed E-state index contributed by atoms with van der Waals surface area (Å²) in [6, 6.07) is 4.25. The van der Waals surface area contributed by atoms with Gasteiger partial charge in [0.05, 0.1) is 4.47 Å². The van der Waals surface area contributed by atoms with Gasteiger partial charge in [0, 0.05) is 5.92 Å². The average molecular weight is 282 g/mol. The molecule has 2 nitrogen and oxygen atoms in total. The quantitative estimate of drug-likeness (QED) is 0.817. The molecule has 0 aliphatic rings. The van der Waals surface area contributed by atoms with E-state index in [2.05, 4.69) is 53.8 Å². The van der Waals surface area contributed by atoms with Gasteiger partial charge >= 0.3 is 0 Å². The zero-order valence-electron chi connectivity index (χ0n) is 9.88. The van der Waals surface area contributed by atoms with Crippen LogP contribution in [0.5, 0.6) is 0 Å². The summed E-state index contributed by atoms with van der Waals surface area (Å²) in [6.45, 7) is 6.36. The van der Waals surface area contributed by atoms with Crippen molar-refractivity contribution >= 4 is 27.0 Å². The molecule has 2 aromatic rings. The van der Waals surface area contributed by atoms with E-state index in [-0.39, 0.29) is 0 Å². The van der Waals surface area contributed by atoms with E-state index in [4.69, 9.17) is 4.42 Å². The number of aromatic nitrogens is 1. The number of nitrogens with zero attached hydrogens (tertiary/aromatic N) is 1. The molecule has 0 radical (unpaired) electrons. The van der Waals surface area contributed by atoms with Crippen molar-refractivity contribution in [3.63, 3.8) is 0 Å². The molecule has 16 heavy (non-hydrogen) atoms. The van der Waals surface area contributed by atoms with Crippen LogP contribution < -0.4 is 0 Å². The van der Waals surface area contributed by atoms with Crippen LogP contribution in [0.3, 0.4) is 0 Å². The van der Waals surface area contributed by atoms with Crippen LogP contribution in [0.25, 0.3) is 11.1 Å². The van der Waals surface area contributed by atoms with Gasteiger partial charge in [-0.3, -0.25) is 0 Å². The average Bonchev–Trinajstić information content (AvgIpc) is 2.62. The van der Waals surface area contributed by atoms with Crippen LogP contribution in [-0.4, -0.2) is 4.98 Å². The third-order valence-corrected chi connectivity index (χ3v) is 3.14. The fourth-order valence-corrected chi connectivity index (χ4v) is 2.32. The number of hydrogen-bond donors (Lipinski definition) is 0. The highest BCUT2D eigenvalue weighted by Crippen LogP contribution is 2.29. The molecule has 3 heteroatoms. The summed E-state index contributed by atoms with van der Waals surface area (Å²) in [5.74, 6) is 1.14. The molecule has 0 saturated heterocycles. The van der Waals surface area contributed by atoms with Crippen LogP contribution in [0.1, 0.15) is 44.6 Å². The number of benzene rings is 1. The first kappa shape index (κ1) is 11.6. The monoisotopic (exact) mass is 281 g/mol. The molecule has 2 rings (SSSR count). The number of halogens is 1. The fourth-order valence-electron chi connectivity index (χ4n) is 1.74. The molecule has 0 amide bonds. The number of aryl methyl sites for hydroxylation is 1. The number of hydrogen-bond acceptors (Lipinski definition) is 2. The van der Waals surface area contributed by atoms with Crippen LogP contribution in [0.15, 0.2) is 21.0 Å². The van der Waals surface area contributed by atoms with E-state index in [9.17, 15) is 0 Å². The fraction of sp³-hybridized carbons (Fsp3) is 0.462. The van der Waals surface area contributed by atoms with Crippen molar-refractivity contribution in [3.8, 4) is 0 Å². The summed E-state index contributed by atoms with van der Waals surface area (Å²) in [5, 5.41) is 0. The Kier molecular flexibility index (Phi) is 3.33. The van der Waals surface area contributed by atoms with Gasteiger partial charge in [0.2, 0.25) is 0 Å². The molecular weight excluding hydrogens is 266 g/mol. The molecule has 0 atom stereocenters. The second-order valence-corrected chi connectivity index (χ2v) is 5.24. The summed E-state index contributed by atoms with van der Waals surface area (Å²) in [5.41, 5.74) is 3.13. The van der Waals surface area contributed by atoms with E-state index in [1.54, 1.807) is 0 Å². The predicted molar refractivity (Wildman–Crippen MR) is 69.8 cm³/mol. The molecule has 86 valence electrons. The third kappa shape index (κ3) is 2.14. The van der Waals surface area contributed by atoms with Crippen LogP contribution in [-0.2, 0) is 6.42 Å². The van der Waals surface area contributed by atoms with Gasteiger partial charge in [0.15, 0.2) is 11.5 Å². The lowest BCUT2D eigenvalue weighted by atomic mass is 10.1. The van der Waals surface area contributed by atoms with E-state index in [0.717, 1.165) is 34.3 Å². The van der Waals surface area contributed by atoms with E-state index in [1.807, 2.05) is 0 Å². The minimum absolute atomic E-state index is 0.328. The predicted octanol–water partition coefficient (Wildman–Crippen LogP) is 4.67. The number of rotatable bonds is 3. The Labute approximate surface area is 104 Å². The lowest BCUT2D eigenvalue weighted by Gasteiger charge is -1.99. The Morgan fingerprint density at radius 1 is 1.38 bits per heavy atom. The standard InChI is InChI=1S/C13H16BrNO/c1-4-5-9-6-10(14)12-11(7-9)15-13(16-12)8(2)3/h6-8H,4-5H2,1-3H3. The topological polar surface area (TPSA) is 26.0 Å². The second-order valence-electron chi connectivity index (χ2n) is 4.38. The number of oxazole rings is 1. The molecule has 0 unspecified atom stereocenters. The van der Waals surface area contributed by atoms with Crippen molar-refractivity contribution in [1.29, 1.82) is 0 Å². The third-order valence-electron chi connectivity index (χ3n) is 2.55. The Hall–Kier alpha value is -0.830. The van der Waals surface area contributed by atoms with Gasteiger partial charge in [-0.05, 0) is 40.0 Å². The molecule has 0 aliphatic carbocycles. The van der Waals surface area contributed by atoms with Crippen molar-refractivity contribution in [2.75, 3.05) is 0 Å². The van der Waals surface area contributed by atoms with Crippen LogP contribution >= 0.6 is 15.9 Å². The van der Waals surface area contributed by atoms with Gasteiger partial charge < -0.3 is 4.42 Å². The Morgan fingerprint density at radius 3 is 2.75 bits per heavy atom. The molecule has 0 N–H and O–H groups in total. The van der Waals surface area contributed by atoms with Crippen molar-refractivity contribution in [3.05, 3.63) is 28.1 Å².